The summed E-state index contributed by atoms with van der Waals surface area (Å²) in [5.74, 6) is 3.92. The minimum absolute atomic E-state index is 0.374. The predicted molar refractivity (Wildman–Crippen MR) is 192 cm³/mol. The quantitative estimate of drug-likeness (QED) is 0.112. The van der Waals surface area contributed by atoms with Gasteiger partial charge in [-0.15, -0.1) is 0 Å². The fourth-order valence-electron chi connectivity index (χ4n) is 6.27. The Balaban J connectivity index is 1.18. The molecule has 6 rings (SSSR count). The smallest absolute Gasteiger partial charge is 0.127 e. The van der Waals surface area contributed by atoms with E-state index >= 15 is 0 Å². The van der Waals surface area contributed by atoms with Crippen molar-refractivity contribution in [1.29, 1.82) is 0 Å². The molecule has 0 atom stereocenters. The van der Waals surface area contributed by atoms with Gasteiger partial charge in [-0.25, -0.2) is 4.98 Å². The van der Waals surface area contributed by atoms with Gasteiger partial charge in [0.1, 0.15) is 23.1 Å². The molecule has 2 heterocycles. The lowest BCUT2D eigenvalue weighted by atomic mass is 9.95. The van der Waals surface area contributed by atoms with Crippen molar-refractivity contribution in [2.24, 2.45) is 0 Å². The molecule has 0 aliphatic carbocycles. The first-order valence-electron chi connectivity index (χ1n) is 16.9. The van der Waals surface area contributed by atoms with Crippen LogP contribution in [-0.2, 0) is 6.54 Å². The molecule has 47 heavy (non-hydrogen) atoms. The van der Waals surface area contributed by atoms with Crippen molar-refractivity contribution in [3.05, 3.63) is 126 Å². The van der Waals surface area contributed by atoms with Gasteiger partial charge < -0.3 is 18.9 Å². The molecule has 1 aromatic heterocycles. The SMILES string of the molecule is CCN(CC)CCCOc1ccc(-n2cc(-c3ccc(Oc4ccc(Cl)cc4)cc3)nc2C2CCN(Cc3ccccc3)CC2)cc1. The number of likely N-dealkylation sites (tertiary alicyclic amines) is 1. The third-order valence-electron chi connectivity index (χ3n) is 9.03. The minimum Gasteiger partial charge on any atom is -0.494 e. The molecule has 0 N–H and O–H groups in total. The second kappa shape index (κ2) is 16.1. The van der Waals surface area contributed by atoms with Gasteiger partial charge in [-0.05, 0) is 124 Å². The zero-order valence-corrected chi connectivity index (χ0v) is 28.3. The van der Waals surface area contributed by atoms with Crippen molar-refractivity contribution in [3.63, 3.8) is 0 Å². The highest BCUT2D eigenvalue weighted by Gasteiger charge is 2.26. The van der Waals surface area contributed by atoms with Gasteiger partial charge in [-0.1, -0.05) is 55.8 Å². The van der Waals surface area contributed by atoms with E-state index in [9.17, 15) is 0 Å². The summed E-state index contributed by atoms with van der Waals surface area (Å²) >= 11 is 6.04. The van der Waals surface area contributed by atoms with Crippen LogP contribution in [0, 0.1) is 0 Å². The third kappa shape index (κ3) is 8.83. The van der Waals surface area contributed by atoms with Crippen LogP contribution in [0.3, 0.4) is 0 Å². The van der Waals surface area contributed by atoms with Gasteiger partial charge in [-0.2, -0.15) is 0 Å². The summed E-state index contributed by atoms with van der Waals surface area (Å²) < 4.78 is 14.4. The van der Waals surface area contributed by atoms with Crippen LogP contribution in [0.15, 0.2) is 109 Å². The topological polar surface area (TPSA) is 42.8 Å². The number of ether oxygens (including phenoxy) is 2. The van der Waals surface area contributed by atoms with Crippen LogP contribution >= 0.6 is 11.6 Å². The average Bonchev–Trinajstić information content (AvgIpc) is 3.56. The van der Waals surface area contributed by atoms with E-state index in [0.29, 0.717) is 10.9 Å². The van der Waals surface area contributed by atoms with Gasteiger partial charge >= 0.3 is 0 Å². The lowest BCUT2D eigenvalue weighted by molar-refractivity contribution is 0.201. The number of rotatable bonds is 14. The van der Waals surface area contributed by atoms with Crippen LogP contribution in [0.2, 0.25) is 5.02 Å². The Bertz CT molecular complexity index is 1660. The Morgan fingerprint density at radius 3 is 2.09 bits per heavy atom. The molecule has 6 nitrogen and oxygen atoms in total. The highest BCUT2D eigenvalue weighted by molar-refractivity contribution is 6.30. The lowest BCUT2D eigenvalue weighted by Crippen LogP contribution is -2.33. The van der Waals surface area contributed by atoms with E-state index in [0.717, 1.165) is 105 Å². The second-order valence-electron chi connectivity index (χ2n) is 12.2. The maximum Gasteiger partial charge on any atom is 0.127 e. The number of hydrogen-bond donors (Lipinski definition) is 0. The molecule has 0 spiro atoms. The number of aromatic nitrogens is 2. The van der Waals surface area contributed by atoms with E-state index in [1.165, 1.54) is 5.56 Å². The standard InChI is InChI=1S/C40H45ClN4O2/c1-3-43(4-2)25-8-28-46-36-21-15-35(16-22-36)45-30-39(32-11-17-37(18-12-32)47-38-19-13-34(41)14-20-38)42-40(45)33-23-26-44(27-24-33)29-31-9-6-5-7-10-31/h5-7,9-22,30,33H,3-4,8,23-29H2,1-2H3. The number of hydrogen-bond acceptors (Lipinski definition) is 5. The van der Waals surface area contributed by atoms with Crippen LogP contribution in [0.25, 0.3) is 16.9 Å². The van der Waals surface area contributed by atoms with Crippen molar-refractivity contribution >= 4 is 11.6 Å². The monoisotopic (exact) mass is 648 g/mol. The van der Waals surface area contributed by atoms with E-state index in [-0.39, 0.29) is 0 Å². The molecule has 5 aromatic rings. The molecule has 1 aliphatic rings. The fourth-order valence-corrected chi connectivity index (χ4v) is 6.40. The first-order chi connectivity index (χ1) is 23.1. The van der Waals surface area contributed by atoms with Crippen molar-refractivity contribution in [2.75, 3.05) is 39.3 Å². The minimum atomic E-state index is 0.374. The zero-order valence-electron chi connectivity index (χ0n) is 27.5. The third-order valence-corrected chi connectivity index (χ3v) is 9.28. The van der Waals surface area contributed by atoms with Gasteiger partial charge in [0.15, 0.2) is 0 Å². The summed E-state index contributed by atoms with van der Waals surface area (Å²) in [6, 6.07) is 34.8. The molecule has 0 amide bonds. The van der Waals surface area contributed by atoms with Crippen LogP contribution < -0.4 is 9.47 Å². The molecular weight excluding hydrogens is 604 g/mol. The van der Waals surface area contributed by atoms with Crippen molar-refractivity contribution in [3.8, 4) is 34.2 Å². The van der Waals surface area contributed by atoms with Gasteiger partial charge in [-0.3, -0.25) is 4.90 Å². The molecule has 0 radical (unpaired) electrons. The van der Waals surface area contributed by atoms with Crippen LogP contribution in [0.1, 0.15) is 50.4 Å². The molecular formula is C40H45ClN4O2. The molecule has 1 aliphatic heterocycles. The largest absolute Gasteiger partial charge is 0.494 e. The van der Waals surface area contributed by atoms with E-state index in [2.05, 4.69) is 101 Å². The molecule has 7 heteroatoms. The fraction of sp³-hybridized carbons (Fsp3) is 0.325. The Kier molecular flexibility index (Phi) is 11.3. The summed E-state index contributed by atoms with van der Waals surface area (Å²) in [4.78, 5) is 10.3. The van der Waals surface area contributed by atoms with Crippen LogP contribution in [-0.4, -0.2) is 58.7 Å². The van der Waals surface area contributed by atoms with E-state index < -0.39 is 0 Å². The zero-order chi connectivity index (χ0) is 32.4. The normalized spacial score (nSPS) is 14.0. The summed E-state index contributed by atoms with van der Waals surface area (Å²) in [7, 11) is 0. The van der Waals surface area contributed by atoms with Crippen molar-refractivity contribution in [2.45, 2.75) is 45.6 Å². The lowest BCUT2D eigenvalue weighted by Gasteiger charge is -2.32. The first-order valence-corrected chi connectivity index (χ1v) is 17.3. The van der Waals surface area contributed by atoms with Gasteiger partial charge in [0.2, 0.25) is 0 Å². The summed E-state index contributed by atoms with van der Waals surface area (Å²) in [5, 5.41) is 0.689. The maximum absolute atomic E-state index is 6.10. The number of piperidine rings is 1. The Hall–Kier alpha value is -4.10. The van der Waals surface area contributed by atoms with Gasteiger partial charge in [0, 0.05) is 41.5 Å². The van der Waals surface area contributed by atoms with Crippen LogP contribution in [0.5, 0.6) is 17.2 Å². The molecule has 0 bridgehead atoms. The van der Waals surface area contributed by atoms with E-state index in [4.69, 9.17) is 26.1 Å². The number of imidazole rings is 1. The summed E-state index contributed by atoms with van der Waals surface area (Å²) in [5.41, 5.74) is 4.49. The number of halogens is 1. The Labute approximate surface area is 284 Å². The second-order valence-corrected chi connectivity index (χ2v) is 12.6. The van der Waals surface area contributed by atoms with Gasteiger partial charge in [0.05, 0.1) is 12.3 Å². The highest BCUT2D eigenvalue weighted by Crippen LogP contribution is 2.34. The molecule has 244 valence electrons. The average molecular weight is 649 g/mol. The highest BCUT2D eigenvalue weighted by atomic mass is 35.5. The molecule has 1 fully saturated rings. The molecule has 1 saturated heterocycles. The molecule has 0 saturated carbocycles. The van der Waals surface area contributed by atoms with Crippen molar-refractivity contribution < 1.29 is 9.47 Å². The number of benzene rings is 4. The van der Waals surface area contributed by atoms with E-state index in [1.807, 2.05) is 36.4 Å². The van der Waals surface area contributed by atoms with Crippen LogP contribution in [0.4, 0.5) is 0 Å². The van der Waals surface area contributed by atoms with Gasteiger partial charge in [0.25, 0.3) is 0 Å². The van der Waals surface area contributed by atoms with Crippen molar-refractivity contribution in [1.82, 2.24) is 19.4 Å². The molecule has 0 unspecified atom stereocenters. The Morgan fingerprint density at radius 2 is 1.43 bits per heavy atom. The Morgan fingerprint density at radius 1 is 0.787 bits per heavy atom. The maximum atomic E-state index is 6.10. The van der Waals surface area contributed by atoms with E-state index in [1.54, 1.807) is 0 Å². The summed E-state index contributed by atoms with van der Waals surface area (Å²) in [6.07, 6.45) is 5.35. The molecule has 4 aromatic carbocycles. The number of nitrogens with zero attached hydrogens (tertiary/aromatic N) is 4. The first kappa shape index (κ1) is 32.8. The summed E-state index contributed by atoms with van der Waals surface area (Å²) in [6.45, 7) is 11.5. The predicted octanol–water partition coefficient (Wildman–Crippen LogP) is 9.48.